The van der Waals surface area contributed by atoms with E-state index in [0.29, 0.717) is 6.54 Å². The monoisotopic (exact) mass is 276 g/mol. The van der Waals surface area contributed by atoms with Crippen molar-refractivity contribution in [2.75, 3.05) is 7.11 Å². The first-order valence-corrected chi connectivity index (χ1v) is 7.17. The molecule has 0 aliphatic carbocycles. The minimum atomic E-state index is 0.0358. The highest BCUT2D eigenvalue weighted by Crippen LogP contribution is 2.35. The fourth-order valence-corrected chi connectivity index (χ4v) is 2.67. The third kappa shape index (κ3) is 2.96. The van der Waals surface area contributed by atoms with E-state index in [1.54, 1.807) is 18.4 Å². The van der Waals surface area contributed by atoms with Gasteiger partial charge in [0.25, 0.3) is 0 Å². The van der Waals surface area contributed by atoms with Crippen LogP contribution < -0.4 is 10.5 Å². The molecule has 3 nitrogen and oxygen atoms in total. The second kappa shape index (κ2) is 5.31. The molecule has 1 heterocycles. The van der Waals surface area contributed by atoms with Gasteiger partial charge in [-0.3, -0.25) is 0 Å². The molecule has 2 aromatic rings. The van der Waals surface area contributed by atoms with Crippen molar-refractivity contribution in [1.29, 1.82) is 0 Å². The maximum atomic E-state index is 5.61. The zero-order valence-corrected chi connectivity index (χ0v) is 12.7. The number of aromatic nitrogens is 1. The molecule has 0 saturated carbocycles. The van der Waals surface area contributed by atoms with E-state index in [1.165, 1.54) is 5.56 Å². The van der Waals surface area contributed by atoms with Crippen molar-refractivity contribution in [2.45, 2.75) is 32.7 Å². The highest BCUT2D eigenvalue weighted by molar-refractivity contribution is 7.09. The minimum Gasteiger partial charge on any atom is -0.496 e. The molecule has 0 unspecified atom stereocenters. The quantitative estimate of drug-likeness (QED) is 0.932. The lowest BCUT2D eigenvalue weighted by Crippen LogP contribution is -2.12. The molecule has 4 heteroatoms. The van der Waals surface area contributed by atoms with Crippen LogP contribution in [0.25, 0.3) is 11.3 Å². The molecule has 0 atom stereocenters. The summed E-state index contributed by atoms with van der Waals surface area (Å²) in [6, 6.07) is 6.22. The van der Waals surface area contributed by atoms with Gasteiger partial charge in [0.2, 0.25) is 0 Å². The van der Waals surface area contributed by atoms with Crippen molar-refractivity contribution in [3.8, 4) is 17.0 Å². The number of nitrogens with two attached hydrogens (primary N) is 1. The predicted molar refractivity (Wildman–Crippen MR) is 80.7 cm³/mol. The van der Waals surface area contributed by atoms with E-state index in [-0.39, 0.29) is 5.41 Å². The zero-order valence-electron chi connectivity index (χ0n) is 11.9. The topological polar surface area (TPSA) is 48.1 Å². The summed E-state index contributed by atoms with van der Waals surface area (Å²) in [4.78, 5) is 4.53. The van der Waals surface area contributed by atoms with Gasteiger partial charge in [-0.2, -0.15) is 0 Å². The summed E-state index contributed by atoms with van der Waals surface area (Å²) in [6.07, 6.45) is 0. The van der Waals surface area contributed by atoms with Gasteiger partial charge in [-0.15, -0.1) is 11.3 Å². The van der Waals surface area contributed by atoms with Gasteiger partial charge in [0.15, 0.2) is 0 Å². The van der Waals surface area contributed by atoms with E-state index in [4.69, 9.17) is 10.5 Å². The first kappa shape index (κ1) is 14.0. The standard InChI is InChI=1S/C15H20N2OS/c1-15(2,3)11-7-10(5-6-13(11)18-4)12-9-19-14(8-16)17-12/h5-7,9H,8,16H2,1-4H3. The van der Waals surface area contributed by atoms with Crippen LogP contribution in [0, 0.1) is 0 Å². The molecular formula is C15H20N2OS. The van der Waals surface area contributed by atoms with Crippen LogP contribution in [0.5, 0.6) is 5.75 Å². The summed E-state index contributed by atoms with van der Waals surface area (Å²) in [7, 11) is 1.71. The number of rotatable bonds is 3. The lowest BCUT2D eigenvalue weighted by molar-refractivity contribution is 0.397. The fraction of sp³-hybridized carbons (Fsp3) is 0.400. The molecule has 0 aliphatic rings. The Morgan fingerprint density at radius 3 is 2.58 bits per heavy atom. The first-order valence-electron chi connectivity index (χ1n) is 6.29. The molecule has 0 aliphatic heterocycles. The Kier molecular flexibility index (Phi) is 3.92. The number of hydrogen-bond donors (Lipinski definition) is 1. The Labute approximate surface area is 118 Å². The van der Waals surface area contributed by atoms with Crippen LogP contribution in [-0.4, -0.2) is 12.1 Å². The van der Waals surface area contributed by atoms with Crippen LogP contribution in [0.3, 0.4) is 0 Å². The lowest BCUT2D eigenvalue weighted by Gasteiger charge is -2.22. The summed E-state index contributed by atoms with van der Waals surface area (Å²) in [5.41, 5.74) is 8.94. The number of ether oxygens (including phenoxy) is 1. The molecular weight excluding hydrogens is 256 g/mol. The Balaban J connectivity index is 2.48. The van der Waals surface area contributed by atoms with Crippen molar-refractivity contribution in [2.24, 2.45) is 5.73 Å². The summed E-state index contributed by atoms with van der Waals surface area (Å²) in [5, 5.41) is 3.01. The van der Waals surface area contributed by atoms with E-state index in [0.717, 1.165) is 22.0 Å². The van der Waals surface area contributed by atoms with Crippen LogP contribution in [0.2, 0.25) is 0 Å². The number of thiazole rings is 1. The molecule has 1 aromatic carbocycles. The lowest BCUT2D eigenvalue weighted by atomic mass is 9.85. The van der Waals surface area contributed by atoms with E-state index >= 15 is 0 Å². The van der Waals surface area contributed by atoms with Gasteiger partial charge in [-0.05, 0) is 23.6 Å². The van der Waals surface area contributed by atoms with Crippen LogP contribution in [0.1, 0.15) is 31.3 Å². The third-order valence-electron chi connectivity index (χ3n) is 3.03. The predicted octanol–water partition coefficient (Wildman–Crippen LogP) is 3.57. The van der Waals surface area contributed by atoms with E-state index < -0.39 is 0 Å². The van der Waals surface area contributed by atoms with Crippen LogP contribution >= 0.6 is 11.3 Å². The molecule has 1 aromatic heterocycles. The first-order chi connectivity index (χ1) is 8.95. The van der Waals surface area contributed by atoms with Crippen molar-refractivity contribution >= 4 is 11.3 Å². The van der Waals surface area contributed by atoms with Crippen LogP contribution in [0.15, 0.2) is 23.6 Å². The van der Waals surface area contributed by atoms with E-state index in [1.807, 2.05) is 12.1 Å². The van der Waals surface area contributed by atoms with Crippen molar-refractivity contribution in [3.63, 3.8) is 0 Å². The van der Waals surface area contributed by atoms with Crippen LogP contribution in [0.4, 0.5) is 0 Å². The van der Waals surface area contributed by atoms with Gasteiger partial charge in [-0.1, -0.05) is 20.8 Å². The molecule has 2 N–H and O–H groups in total. The summed E-state index contributed by atoms with van der Waals surface area (Å²) >= 11 is 1.60. The Hall–Kier alpha value is -1.39. The second-order valence-electron chi connectivity index (χ2n) is 5.50. The summed E-state index contributed by atoms with van der Waals surface area (Å²) in [6.45, 7) is 7.04. The van der Waals surface area contributed by atoms with E-state index in [9.17, 15) is 0 Å². The molecule has 19 heavy (non-hydrogen) atoms. The molecule has 0 bridgehead atoms. The van der Waals surface area contributed by atoms with Crippen LogP contribution in [-0.2, 0) is 12.0 Å². The highest BCUT2D eigenvalue weighted by Gasteiger charge is 2.20. The highest BCUT2D eigenvalue weighted by atomic mass is 32.1. The van der Waals surface area contributed by atoms with Gasteiger partial charge in [0, 0.05) is 23.1 Å². The molecule has 0 amide bonds. The van der Waals surface area contributed by atoms with Gasteiger partial charge in [0.05, 0.1) is 12.8 Å². The number of hydrogen-bond acceptors (Lipinski definition) is 4. The smallest absolute Gasteiger partial charge is 0.122 e. The number of benzene rings is 1. The summed E-state index contributed by atoms with van der Waals surface area (Å²) in [5.74, 6) is 0.922. The van der Waals surface area contributed by atoms with Crippen molar-refractivity contribution in [3.05, 3.63) is 34.2 Å². The molecule has 102 valence electrons. The molecule has 0 saturated heterocycles. The molecule has 2 rings (SSSR count). The third-order valence-corrected chi connectivity index (χ3v) is 3.90. The van der Waals surface area contributed by atoms with Crippen molar-refractivity contribution < 1.29 is 4.74 Å². The van der Waals surface area contributed by atoms with E-state index in [2.05, 4.69) is 37.2 Å². The van der Waals surface area contributed by atoms with Gasteiger partial charge in [-0.25, -0.2) is 4.98 Å². The Morgan fingerprint density at radius 2 is 2.05 bits per heavy atom. The molecule has 0 radical (unpaired) electrons. The second-order valence-corrected chi connectivity index (χ2v) is 6.44. The fourth-order valence-electron chi connectivity index (χ4n) is 1.99. The van der Waals surface area contributed by atoms with Crippen molar-refractivity contribution in [1.82, 2.24) is 4.98 Å². The average Bonchev–Trinajstić information content (AvgIpc) is 2.85. The largest absolute Gasteiger partial charge is 0.496 e. The number of methoxy groups -OCH3 is 1. The average molecular weight is 276 g/mol. The number of nitrogens with zero attached hydrogens (tertiary/aromatic N) is 1. The van der Waals surface area contributed by atoms with Gasteiger partial charge < -0.3 is 10.5 Å². The van der Waals surface area contributed by atoms with Gasteiger partial charge >= 0.3 is 0 Å². The maximum Gasteiger partial charge on any atom is 0.122 e. The molecule has 0 fully saturated rings. The molecule has 0 spiro atoms. The minimum absolute atomic E-state index is 0.0358. The normalized spacial score (nSPS) is 11.6. The zero-order chi connectivity index (χ0) is 14.0. The maximum absolute atomic E-state index is 5.61. The SMILES string of the molecule is COc1ccc(-c2csc(CN)n2)cc1C(C)(C)C. The Morgan fingerprint density at radius 1 is 1.32 bits per heavy atom. The summed E-state index contributed by atoms with van der Waals surface area (Å²) < 4.78 is 5.45. The van der Waals surface area contributed by atoms with Gasteiger partial charge in [0.1, 0.15) is 10.8 Å². The Bertz CT molecular complexity index is 570.